The predicted molar refractivity (Wildman–Crippen MR) is 75.3 cm³/mol. The third-order valence-corrected chi connectivity index (χ3v) is 3.17. The van der Waals surface area contributed by atoms with E-state index in [4.69, 9.17) is 9.47 Å². The van der Waals surface area contributed by atoms with Gasteiger partial charge < -0.3 is 24.4 Å². The predicted octanol–water partition coefficient (Wildman–Crippen LogP) is -0.620. The van der Waals surface area contributed by atoms with Crippen LogP contribution < -0.4 is 10.4 Å². The van der Waals surface area contributed by atoms with E-state index in [0.717, 1.165) is 5.69 Å². The monoisotopic (exact) mass is 279 g/mol. The summed E-state index contributed by atoms with van der Waals surface area (Å²) in [5.41, 5.74) is 1.35. The van der Waals surface area contributed by atoms with Crippen LogP contribution in [0.5, 0.6) is 0 Å². The zero-order valence-corrected chi connectivity index (χ0v) is 11.4. The van der Waals surface area contributed by atoms with Crippen LogP contribution in [-0.2, 0) is 9.47 Å². The number of ether oxygens (including phenoxy) is 2. The van der Waals surface area contributed by atoms with E-state index in [-0.39, 0.29) is 12.1 Å². The van der Waals surface area contributed by atoms with Crippen LogP contribution in [0.3, 0.4) is 0 Å². The number of benzene rings is 1. The number of hydrogen-bond donors (Lipinski definition) is 2. The lowest BCUT2D eigenvalue weighted by Crippen LogP contribution is -2.38. The first-order chi connectivity index (χ1) is 9.63. The summed E-state index contributed by atoms with van der Waals surface area (Å²) < 4.78 is 10.3. The van der Waals surface area contributed by atoms with Gasteiger partial charge in [0.2, 0.25) is 0 Å². The van der Waals surface area contributed by atoms with Gasteiger partial charge in [-0.2, -0.15) is 0 Å². The van der Waals surface area contributed by atoms with Crippen molar-refractivity contribution in [1.29, 1.82) is 0 Å². The zero-order chi connectivity index (χ0) is 14.5. The smallest absolute Gasteiger partial charge is 0.462 e. The molecule has 0 aromatic heterocycles. The number of anilines is 1. The van der Waals surface area contributed by atoms with Crippen molar-refractivity contribution in [2.45, 2.75) is 6.92 Å². The van der Waals surface area contributed by atoms with Crippen LogP contribution in [0, 0.1) is 0 Å². The van der Waals surface area contributed by atoms with Gasteiger partial charge in [0.15, 0.2) is 0 Å². The molecule has 0 spiro atoms. The van der Waals surface area contributed by atoms with Crippen molar-refractivity contribution in [2.75, 3.05) is 37.8 Å². The lowest BCUT2D eigenvalue weighted by molar-refractivity contribution is 0.0526. The summed E-state index contributed by atoms with van der Waals surface area (Å²) in [7, 11) is -1.61. The highest BCUT2D eigenvalue weighted by Gasteiger charge is 2.22. The summed E-state index contributed by atoms with van der Waals surface area (Å²) in [4.78, 5) is 14.1. The minimum Gasteiger partial charge on any atom is -0.462 e. The van der Waals surface area contributed by atoms with Crippen molar-refractivity contribution in [3.05, 3.63) is 23.8 Å². The fourth-order valence-electron chi connectivity index (χ4n) is 2.17. The molecule has 7 heteroatoms. The third-order valence-electron chi connectivity index (χ3n) is 3.17. The van der Waals surface area contributed by atoms with Crippen molar-refractivity contribution < 1.29 is 24.3 Å². The van der Waals surface area contributed by atoms with Gasteiger partial charge in [-0.1, -0.05) is 6.07 Å². The van der Waals surface area contributed by atoms with Crippen molar-refractivity contribution in [3.8, 4) is 0 Å². The number of nitrogens with zero attached hydrogens (tertiary/aromatic N) is 1. The molecule has 1 fully saturated rings. The van der Waals surface area contributed by atoms with Gasteiger partial charge in [-0.3, -0.25) is 0 Å². The molecule has 108 valence electrons. The molecule has 2 N–H and O–H groups in total. The Balaban J connectivity index is 2.35. The van der Waals surface area contributed by atoms with Crippen molar-refractivity contribution in [2.24, 2.45) is 0 Å². The molecular weight excluding hydrogens is 261 g/mol. The van der Waals surface area contributed by atoms with Crippen LogP contribution in [-0.4, -0.2) is 56.0 Å². The van der Waals surface area contributed by atoms with Crippen LogP contribution in [0.25, 0.3) is 0 Å². The maximum absolute atomic E-state index is 12.0. The fraction of sp³-hybridized carbons (Fsp3) is 0.462. The van der Waals surface area contributed by atoms with Gasteiger partial charge in [-0.05, 0) is 24.5 Å². The molecular formula is C13H18BNO5. The largest absolute Gasteiger partial charge is 0.488 e. The highest BCUT2D eigenvalue weighted by Crippen LogP contribution is 2.21. The zero-order valence-electron chi connectivity index (χ0n) is 11.4. The molecule has 0 bridgehead atoms. The van der Waals surface area contributed by atoms with E-state index in [1.54, 1.807) is 19.1 Å². The highest BCUT2D eigenvalue weighted by molar-refractivity contribution is 6.58. The first-order valence-corrected chi connectivity index (χ1v) is 6.63. The lowest BCUT2D eigenvalue weighted by atomic mass is 9.79. The summed E-state index contributed by atoms with van der Waals surface area (Å²) in [6.45, 7) is 4.59. The Kier molecular flexibility index (Phi) is 5.00. The van der Waals surface area contributed by atoms with Gasteiger partial charge in [0.25, 0.3) is 0 Å². The van der Waals surface area contributed by atoms with Gasteiger partial charge in [-0.25, -0.2) is 4.79 Å². The molecule has 1 heterocycles. The Bertz CT molecular complexity index is 474. The van der Waals surface area contributed by atoms with Gasteiger partial charge in [0.1, 0.15) is 0 Å². The van der Waals surface area contributed by atoms with Crippen LogP contribution in [0.4, 0.5) is 5.69 Å². The molecule has 0 atom stereocenters. The summed E-state index contributed by atoms with van der Waals surface area (Å²) in [5, 5.41) is 18.5. The second-order valence-corrected chi connectivity index (χ2v) is 4.47. The van der Waals surface area contributed by atoms with Crippen LogP contribution in [0.1, 0.15) is 17.3 Å². The second-order valence-electron chi connectivity index (χ2n) is 4.47. The van der Waals surface area contributed by atoms with E-state index in [9.17, 15) is 14.8 Å². The molecule has 1 aliphatic heterocycles. The molecule has 1 saturated heterocycles. The Hall–Kier alpha value is -1.57. The second kappa shape index (κ2) is 6.74. The van der Waals surface area contributed by atoms with Crippen molar-refractivity contribution in [1.82, 2.24) is 0 Å². The summed E-state index contributed by atoms with van der Waals surface area (Å²) in [6, 6.07) is 4.78. The molecule has 0 saturated carbocycles. The van der Waals surface area contributed by atoms with Crippen LogP contribution >= 0.6 is 0 Å². The molecule has 2 rings (SSSR count). The van der Waals surface area contributed by atoms with Crippen molar-refractivity contribution in [3.63, 3.8) is 0 Å². The van der Waals surface area contributed by atoms with E-state index in [0.29, 0.717) is 31.9 Å². The number of carbonyl (C=O) groups is 1. The molecule has 0 radical (unpaired) electrons. The summed E-state index contributed by atoms with van der Waals surface area (Å²) in [5.74, 6) is -0.462. The van der Waals surface area contributed by atoms with Gasteiger partial charge in [-0.15, -0.1) is 0 Å². The third kappa shape index (κ3) is 3.30. The van der Waals surface area contributed by atoms with E-state index < -0.39 is 13.1 Å². The van der Waals surface area contributed by atoms with E-state index in [2.05, 4.69) is 0 Å². The minimum atomic E-state index is -1.61. The van der Waals surface area contributed by atoms with Crippen LogP contribution in [0.15, 0.2) is 18.2 Å². The number of morpholine rings is 1. The molecule has 20 heavy (non-hydrogen) atoms. The number of carbonyl (C=O) groups excluding carboxylic acids is 1. The lowest BCUT2D eigenvalue weighted by Gasteiger charge is -2.30. The molecule has 0 aliphatic carbocycles. The number of esters is 1. The normalized spacial score (nSPS) is 15.1. The van der Waals surface area contributed by atoms with Crippen LogP contribution in [0.2, 0.25) is 0 Å². The number of hydrogen-bond acceptors (Lipinski definition) is 6. The van der Waals surface area contributed by atoms with E-state index >= 15 is 0 Å². The quantitative estimate of drug-likeness (QED) is 0.565. The molecule has 1 aliphatic rings. The first kappa shape index (κ1) is 14.8. The molecule has 1 aromatic rings. The maximum Gasteiger partial charge on any atom is 0.488 e. The van der Waals surface area contributed by atoms with E-state index in [1.165, 1.54) is 6.07 Å². The Labute approximate surface area is 118 Å². The molecule has 1 aromatic carbocycles. The standard InChI is InChI=1S/C13H18BNO5/c1-2-20-13(16)11-9-10(14(17)18)3-4-12(11)15-5-7-19-8-6-15/h3-4,9,17-18H,2,5-8H2,1H3. The summed E-state index contributed by atoms with van der Waals surface area (Å²) >= 11 is 0. The average Bonchev–Trinajstić information content (AvgIpc) is 2.47. The molecule has 6 nitrogen and oxygen atoms in total. The summed E-state index contributed by atoms with van der Waals surface area (Å²) in [6.07, 6.45) is 0. The Morgan fingerprint density at radius 1 is 1.40 bits per heavy atom. The van der Waals surface area contributed by atoms with Gasteiger partial charge in [0.05, 0.1) is 31.1 Å². The topological polar surface area (TPSA) is 79.2 Å². The Morgan fingerprint density at radius 3 is 2.70 bits per heavy atom. The average molecular weight is 279 g/mol. The molecule has 0 unspecified atom stereocenters. The van der Waals surface area contributed by atoms with Gasteiger partial charge in [0, 0.05) is 13.1 Å². The van der Waals surface area contributed by atoms with Crippen molar-refractivity contribution >= 4 is 24.2 Å². The van der Waals surface area contributed by atoms with E-state index in [1.807, 2.05) is 4.90 Å². The maximum atomic E-state index is 12.0. The highest BCUT2D eigenvalue weighted by atomic mass is 16.5. The number of rotatable bonds is 4. The SMILES string of the molecule is CCOC(=O)c1cc(B(O)O)ccc1N1CCOCC1. The van der Waals surface area contributed by atoms with Gasteiger partial charge >= 0.3 is 13.1 Å². The Morgan fingerprint density at radius 2 is 2.10 bits per heavy atom. The fourth-order valence-corrected chi connectivity index (χ4v) is 2.17. The first-order valence-electron chi connectivity index (χ1n) is 6.63. The minimum absolute atomic E-state index is 0.269. The molecule has 0 amide bonds.